The molecule has 0 aliphatic heterocycles. The number of nitrogens with one attached hydrogen (secondary N) is 1. The summed E-state index contributed by atoms with van der Waals surface area (Å²) in [6, 6.07) is 16.0. The number of anilines is 1. The Kier molecular flexibility index (Phi) is 6.29. The molecule has 1 N–H and O–H groups in total. The van der Waals surface area contributed by atoms with Gasteiger partial charge in [0, 0.05) is 31.2 Å². The van der Waals surface area contributed by atoms with Crippen LogP contribution >= 0.6 is 22.6 Å². The molecule has 0 unspecified atom stereocenters. The Hall–Kier alpha value is -1.71. The van der Waals surface area contributed by atoms with E-state index in [4.69, 9.17) is 9.84 Å². The lowest BCUT2D eigenvalue weighted by molar-refractivity contribution is -0.105. The quantitative estimate of drug-likeness (QED) is 0.156. The summed E-state index contributed by atoms with van der Waals surface area (Å²) in [5.74, 6) is 0.417. The minimum Gasteiger partial charge on any atom is -0.360 e. The Balaban J connectivity index is 1.57. The summed E-state index contributed by atoms with van der Waals surface area (Å²) in [4.78, 5) is 11.0. The average molecular weight is 548 g/mol. The van der Waals surface area contributed by atoms with Crippen molar-refractivity contribution in [3.63, 3.8) is 0 Å². The van der Waals surface area contributed by atoms with E-state index in [1.807, 2.05) is 22.9 Å². The van der Waals surface area contributed by atoms with Crippen LogP contribution in [-0.2, 0) is 21.7 Å². The van der Waals surface area contributed by atoms with Crippen LogP contribution in [0.5, 0.6) is 0 Å². The van der Waals surface area contributed by atoms with Crippen molar-refractivity contribution in [2.45, 2.75) is 57.1 Å². The van der Waals surface area contributed by atoms with Crippen molar-refractivity contribution in [1.29, 1.82) is 0 Å². The van der Waals surface area contributed by atoms with Gasteiger partial charge in [-0.3, -0.25) is 4.79 Å². The number of carbonyl (C=O) groups is 1. The third-order valence-corrected chi connectivity index (χ3v) is 8.84. The smallest absolute Gasteiger partial charge is 0.211 e. The van der Waals surface area contributed by atoms with Gasteiger partial charge < -0.3 is 10.1 Å². The SMILES string of the molecule is C[C@]1(c2ccccc2NC=O)C[C@H]1c1ccc2c(I)nn(COCC[Si](C)(C)C)c2c1. The Morgan fingerprint density at radius 1 is 1.29 bits per heavy atom. The maximum atomic E-state index is 11.0. The molecule has 1 saturated carbocycles. The van der Waals surface area contributed by atoms with Crippen molar-refractivity contribution in [3.05, 3.63) is 57.3 Å². The van der Waals surface area contributed by atoms with E-state index in [0.29, 0.717) is 12.6 Å². The molecule has 1 aliphatic carbocycles. The first-order valence-electron chi connectivity index (χ1n) is 10.8. The van der Waals surface area contributed by atoms with E-state index in [2.05, 4.69) is 78.7 Å². The highest BCUT2D eigenvalue weighted by atomic mass is 127. The molecular weight excluding hydrogens is 517 g/mol. The lowest BCUT2D eigenvalue weighted by atomic mass is 9.91. The van der Waals surface area contributed by atoms with E-state index in [0.717, 1.165) is 40.4 Å². The number of benzene rings is 2. The number of hydrogen-bond donors (Lipinski definition) is 1. The van der Waals surface area contributed by atoms with E-state index in [-0.39, 0.29) is 5.41 Å². The summed E-state index contributed by atoms with van der Waals surface area (Å²) in [6.07, 6.45) is 1.82. The van der Waals surface area contributed by atoms with Crippen LogP contribution in [0.2, 0.25) is 25.7 Å². The van der Waals surface area contributed by atoms with Gasteiger partial charge in [-0.05, 0) is 70.3 Å². The van der Waals surface area contributed by atoms with Gasteiger partial charge in [0.15, 0.2) is 0 Å². The largest absolute Gasteiger partial charge is 0.360 e. The second kappa shape index (κ2) is 8.67. The standard InChI is InChI=1S/C24H30IN3O2Si/c1-24(19-7-5-6-8-21(19)26-15-29)14-20(24)17-9-10-18-22(13-17)28(27-23(18)25)16-30-11-12-31(2,3)4/h5-10,13,15,20H,11-12,14,16H2,1-4H3,(H,26,29)/t20-,24+/m0/s1. The zero-order chi connectivity index (χ0) is 22.2. The lowest BCUT2D eigenvalue weighted by Gasteiger charge is -2.17. The molecule has 0 bridgehead atoms. The average Bonchev–Trinajstić information content (AvgIpc) is 3.32. The molecule has 5 nitrogen and oxygen atoms in total. The van der Waals surface area contributed by atoms with Gasteiger partial charge in [-0.25, -0.2) is 4.68 Å². The second-order valence-corrected chi connectivity index (χ2v) is 16.5. The van der Waals surface area contributed by atoms with Crippen LogP contribution in [0.3, 0.4) is 0 Å². The third-order valence-electron chi connectivity index (χ3n) is 6.34. The lowest BCUT2D eigenvalue weighted by Crippen LogP contribution is -2.22. The summed E-state index contributed by atoms with van der Waals surface area (Å²) >= 11 is 2.31. The fraction of sp³-hybridized carbons (Fsp3) is 0.417. The van der Waals surface area contributed by atoms with Crippen molar-refractivity contribution >= 4 is 53.7 Å². The molecule has 1 fully saturated rings. The minimum absolute atomic E-state index is 0.0200. The number of ether oxygens (including phenoxy) is 1. The summed E-state index contributed by atoms with van der Waals surface area (Å²) < 4.78 is 8.98. The van der Waals surface area contributed by atoms with Crippen LogP contribution in [0.15, 0.2) is 42.5 Å². The van der Waals surface area contributed by atoms with Crippen LogP contribution < -0.4 is 5.32 Å². The fourth-order valence-corrected chi connectivity index (χ4v) is 5.79. The molecule has 1 aliphatic rings. The number of rotatable bonds is 9. The zero-order valence-corrected chi connectivity index (χ0v) is 21.8. The molecule has 1 amide bonds. The van der Waals surface area contributed by atoms with Gasteiger partial charge >= 0.3 is 0 Å². The first kappa shape index (κ1) is 22.5. The number of halogens is 1. The maximum Gasteiger partial charge on any atom is 0.211 e. The first-order chi connectivity index (χ1) is 14.7. The van der Waals surface area contributed by atoms with E-state index in [9.17, 15) is 4.79 Å². The van der Waals surface area contributed by atoms with Crippen LogP contribution in [0.4, 0.5) is 5.69 Å². The zero-order valence-electron chi connectivity index (χ0n) is 18.6. The number of nitrogens with zero attached hydrogens (tertiary/aromatic N) is 2. The number of amides is 1. The van der Waals surface area contributed by atoms with E-state index < -0.39 is 8.07 Å². The van der Waals surface area contributed by atoms with Crippen LogP contribution in [0.25, 0.3) is 10.9 Å². The Morgan fingerprint density at radius 2 is 2.06 bits per heavy atom. The molecule has 2 aromatic carbocycles. The predicted octanol–water partition coefficient (Wildman–Crippen LogP) is 5.97. The van der Waals surface area contributed by atoms with Crippen LogP contribution in [-0.4, -0.2) is 30.9 Å². The third kappa shape index (κ3) is 4.73. The van der Waals surface area contributed by atoms with Crippen molar-refractivity contribution in [2.75, 3.05) is 11.9 Å². The van der Waals surface area contributed by atoms with Gasteiger partial charge in [0.05, 0.1) is 5.52 Å². The summed E-state index contributed by atoms with van der Waals surface area (Å²) in [6.45, 7) is 10.7. The highest BCUT2D eigenvalue weighted by molar-refractivity contribution is 14.1. The number of fused-ring (bicyclic) bond motifs is 1. The molecule has 1 heterocycles. The van der Waals surface area contributed by atoms with Gasteiger partial charge in [-0.15, -0.1) is 0 Å². The number of carbonyl (C=O) groups excluding carboxylic acids is 1. The van der Waals surface area contributed by atoms with E-state index in [1.54, 1.807) is 0 Å². The van der Waals surface area contributed by atoms with Gasteiger partial charge in [0.25, 0.3) is 0 Å². The van der Waals surface area contributed by atoms with Crippen molar-refractivity contribution < 1.29 is 9.53 Å². The minimum atomic E-state index is -1.10. The molecule has 3 aromatic rings. The summed E-state index contributed by atoms with van der Waals surface area (Å²) in [5, 5.41) is 8.75. The molecule has 1 aromatic heterocycles. The van der Waals surface area contributed by atoms with E-state index in [1.165, 1.54) is 16.5 Å². The van der Waals surface area contributed by atoms with Gasteiger partial charge in [0.1, 0.15) is 10.4 Å². The molecule has 0 saturated heterocycles. The molecular formula is C24H30IN3O2Si. The van der Waals surface area contributed by atoms with E-state index >= 15 is 0 Å². The van der Waals surface area contributed by atoms with Gasteiger partial charge in [-0.2, -0.15) is 5.10 Å². The molecule has 0 spiro atoms. The molecule has 2 atom stereocenters. The Labute approximate surface area is 198 Å². The summed E-state index contributed by atoms with van der Waals surface area (Å²) in [7, 11) is -1.10. The molecule has 0 radical (unpaired) electrons. The predicted molar refractivity (Wildman–Crippen MR) is 137 cm³/mol. The molecule has 164 valence electrons. The maximum absolute atomic E-state index is 11.0. The molecule has 7 heteroatoms. The fourth-order valence-electron chi connectivity index (χ4n) is 4.31. The molecule has 4 rings (SSSR count). The monoisotopic (exact) mass is 547 g/mol. The number of aromatic nitrogens is 2. The van der Waals surface area contributed by atoms with Crippen molar-refractivity contribution in [2.24, 2.45) is 0 Å². The number of para-hydroxylation sites is 1. The molecule has 31 heavy (non-hydrogen) atoms. The first-order valence-corrected chi connectivity index (χ1v) is 15.5. The summed E-state index contributed by atoms with van der Waals surface area (Å²) in [5.41, 5.74) is 4.56. The van der Waals surface area contributed by atoms with Crippen molar-refractivity contribution in [3.8, 4) is 0 Å². The number of hydrogen-bond acceptors (Lipinski definition) is 3. The highest BCUT2D eigenvalue weighted by Crippen LogP contribution is 2.61. The van der Waals surface area contributed by atoms with Gasteiger partial charge in [-0.1, -0.05) is 50.8 Å². The Bertz CT molecular complexity index is 1110. The normalized spacial score (nSPS) is 20.7. The topological polar surface area (TPSA) is 56.2 Å². The van der Waals surface area contributed by atoms with Crippen molar-refractivity contribution in [1.82, 2.24) is 9.78 Å². The van der Waals surface area contributed by atoms with Gasteiger partial charge in [0.2, 0.25) is 6.41 Å². The highest BCUT2D eigenvalue weighted by Gasteiger charge is 2.53. The van der Waals surface area contributed by atoms with Crippen LogP contribution in [0.1, 0.15) is 30.4 Å². The Morgan fingerprint density at radius 3 is 2.81 bits per heavy atom. The second-order valence-electron chi connectivity index (χ2n) is 9.90. The van der Waals surface area contributed by atoms with Crippen LogP contribution in [0, 0.1) is 3.70 Å².